The van der Waals surface area contributed by atoms with Crippen LogP contribution in [0.15, 0.2) is 48.5 Å². The third-order valence-electron chi connectivity index (χ3n) is 5.02. The highest BCUT2D eigenvalue weighted by Crippen LogP contribution is 2.26. The number of aryl methyl sites for hydroxylation is 1. The van der Waals surface area contributed by atoms with Crippen LogP contribution in [0.3, 0.4) is 0 Å². The summed E-state index contributed by atoms with van der Waals surface area (Å²) in [5.74, 6) is 0.219. The number of nitrogens with one attached hydrogen (secondary N) is 2. The number of carbonyl (C=O) groups is 2. The van der Waals surface area contributed by atoms with Crippen molar-refractivity contribution in [1.82, 2.24) is 15.3 Å². The van der Waals surface area contributed by atoms with Crippen molar-refractivity contribution in [3.05, 3.63) is 59.9 Å². The number of amides is 2. The summed E-state index contributed by atoms with van der Waals surface area (Å²) >= 11 is 0. The van der Waals surface area contributed by atoms with Crippen LogP contribution in [-0.2, 0) is 9.59 Å². The smallest absolute Gasteiger partial charge is 0.227 e. The lowest BCUT2D eigenvalue weighted by atomic mass is 10.1. The monoisotopic (exact) mass is 362 g/mol. The second-order valence-electron chi connectivity index (χ2n) is 7.11. The molecule has 1 fully saturated rings. The Morgan fingerprint density at radius 2 is 1.96 bits per heavy atom. The quantitative estimate of drug-likeness (QED) is 0.749. The van der Waals surface area contributed by atoms with E-state index in [1.807, 2.05) is 62.4 Å². The molecule has 6 nitrogen and oxygen atoms in total. The molecular weight excluding hydrogens is 340 g/mol. The molecule has 1 aliphatic heterocycles. The first-order chi connectivity index (χ1) is 13.0. The number of H-pyrrole nitrogens is 1. The molecule has 138 valence electrons. The molecule has 27 heavy (non-hydrogen) atoms. The van der Waals surface area contributed by atoms with Crippen LogP contribution in [0.2, 0.25) is 0 Å². The van der Waals surface area contributed by atoms with Gasteiger partial charge in [-0.2, -0.15) is 0 Å². The molecule has 2 amide bonds. The van der Waals surface area contributed by atoms with Crippen molar-refractivity contribution in [2.45, 2.75) is 26.3 Å². The second kappa shape index (κ2) is 6.87. The Hall–Kier alpha value is -3.15. The fraction of sp³-hybridized carbons (Fsp3) is 0.286. The maximum Gasteiger partial charge on any atom is 0.227 e. The van der Waals surface area contributed by atoms with Crippen LogP contribution in [0.25, 0.3) is 11.0 Å². The summed E-state index contributed by atoms with van der Waals surface area (Å²) in [6.07, 6.45) is 0.229. The molecule has 6 heteroatoms. The van der Waals surface area contributed by atoms with E-state index < -0.39 is 0 Å². The lowest BCUT2D eigenvalue weighted by Crippen LogP contribution is -2.35. The van der Waals surface area contributed by atoms with E-state index in [0.717, 1.165) is 22.3 Å². The molecule has 0 radical (unpaired) electrons. The molecule has 2 unspecified atom stereocenters. The van der Waals surface area contributed by atoms with Crippen molar-refractivity contribution in [2.24, 2.45) is 5.92 Å². The van der Waals surface area contributed by atoms with Gasteiger partial charge >= 0.3 is 0 Å². The largest absolute Gasteiger partial charge is 0.346 e. The lowest BCUT2D eigenvalue weighted by Gasteiger charge is -2.18. The summed E-state index contributed by atoms with van der Waals surface area (Å²) in [5.41, 5.74) is 3.79. The number of hydrogen-bond donors (Lipinski definition) is 2. The summed E-state index contributed by atoms with van der Waals surface area (Å²) < 4.78 is 0. The van der Waals surface area contributed by atoms with Gasteiger partial charge in [-0.15, -0.1) is 0 Å². The van der Waals surface area contributed by atoms with Gasteiger partial charge < -0.3 is 15.2 Å². The molecule has 0 bridgehead atoms. The number of hydrogen-bond acceptors (Lipinski definition) is 3. The second-order valence-corrected chi connectivity index (χ2v) is 7.11. The van der Waals surface area contributed by atoms with E-state index in [1.54, 1.807) is 4.90 Å². The molecule has 2 aromatic carbocycles. The topological polar surface area (TPSA) is 78.1 Å². The van der Waals surface area contributed by atoms with E-state index in [9.17, 15) is 9.59 Å². The first-order valence-electron chi connectivity index (χ1n) is 9.13. The van der Waals surface area contributed by atoms with Gasteiger partial charge in [0.05, 0.1) is 23.0 Å². The molecule has 2 atom stereocenters. The van der Waals surface area contributed by atoms with Gasteiger partial charge in [0.1, 0.15) is 5.82 Å². The molecule has 2 N–H and O–H groups in total. The minimum absolute atomic E-state index is 0.0182. The normalized spacial score (nSPS) is 18.1. The molecular formula is C21H22N4O2. The molecule has 0 saturated carbocycles. The van der Waals surface area contributed by atoms with Gasteiger partial charge in [0.25, 0.3) is 0 Å². The minimum Gasteiger partial charge on any atom is -0.346 e. The van der Waals surface area contributed by atoms with Gasteiger partial charge in [-0.3, -0.25) is 9.59 Å². The Kier molecular flexibility index (Phi) is 4.39. The molecule has 4 rings (SSSR count). The van der Waals surface area contributed by atoms with Crippen molar-refractivity contribution in [2.75, 3.05) is 11.4 Å². The number of benzene rings is 2. The van der Waals surface area contributed by atoms with Gasteiger partial charge in [0.2, 0.25) is 11.8 Å². The number of fused-ring (bicyclic) bond motifs is 1. The van der Waals surface area contributed by atoms with E-state index >= 15 is 0 Å². The van der Waals surface area contributed by atoms with Crippen LogP contribution in [0, 0.1) is 12.8 Å². The summed E-state index contributed by atoms with van der Waals surface area (Å²) in [4.78, 5) is 34.5. The average molecular weight is 362 g/mol. The Balaban J connectivity index is 1.43. The molecule has 2 heterocycles. The van der Waals surface area contributed by atoms with E-state index in [-0.39, 0.29) is 30.2 Å². The predicted molar refractivity (Wildman–Crippen MR) is 104 cm³/mol. The summed E-state index contributed by atoms with van der Waals surface area (Å²) in [6, 6.07) is 15.3. The van der Waals surface area contributed by atoms with E-state index in [1.165, 1.54) is 0 Å². The number of aromatic amines is 1. The third-order valence-corrected chi connectivity index (χ3v) is 5.02. The summed E-state index contributed by atoms with van der Waals surface area (Å²) in [5, 5.41) is 2.99. The van der Waals surface area contributed by atoms with Crippen molar-refractivity contribution in [3.8, 4) is 0 Å². The number of carbonyl (C=O) groups excluding carboxylic acids is 2. The molecule has 1 saturated heterocycles. The Morgan fingerprint density at radius 1 is 1.22 bits per heavy atom. The number of nitrogens with zero attached hydrogens (tertiary/aromatic N) is 2. The van der Waals surface area contributed by atoms with Crippen molar-refractivity contribution >= 4 is 28.5 Å². The van der Waals surface area contributed by atoms with Gasteiger partial charge in [-0.1, -0.05) is 29.8 Å². The molecule has 3 aromatic rings. The van der Waals surface area contributed by atoms with Gasteiger partial charge in [-0.05, 0) is 38.1 Å². The Bertz CT molecular complexity index is 960. The SMILES string of the molecule is Cc1ccc(N2CC(C(=O)NC(C)c3nc4ccccc4[nH]3)CC2=O)cc1. The number of para-hydroxylation sites is 2. The van der Waals surface area contributed by atoms with Gasteiger partial charge in [-0.25, -0.2) is 4.98 Å². The fourth-order valence-corrected chi connectivity index (χ4v) is 3.43. The predicted octanol–water partition coefficient (Wildman–Crippen LogP) is 3.10. The highest BCUT2D eigenvalue weighted by atomic mass is 16.2. The third kappa shape index (κ3) is 3.43. The Labute approximate surface area is 157 Å². The Morgan fingerprint density at radius 3 is 2.70 bits per heavy atom. The van der Waals surface area contributed by atoms with Crippen LogP contribution >= 0.6 is 0 Å². The van der Waals surface area contributed by atoms with Crippen molar-refractivity contribution in [3.63, 3.8) is 0 Å². The number of anilines is 1. The zero-order valence-corrected chi connectivity index (χ0v) is 15.4. The van der Waals surface area contributed by atoms with Gasteiger partial charge in [0, 0.05) is 18.7 Å². The fourth-order valence-electron chi connectivity index (χ4n) is 3.43. The highest BCUT2D eigenvalue weighted by molar-refractivity contribution is 6.00. The van der Waals surface area contributed by atoms with Crippen molar-refractivity contribution in [1.29, 1.82) is 0 Å². The molecule has 0 aliphatic carbocycles. The number of rotatable bonds is 4. The van der Waals surface area contributed by atoms with E-state index in [0.29, 0.717) is 12.4 Å². The average Bonchev–Trinajstić information content (AvgIpc) is 3.26. The molecule has 0 spiro atoms. The molecule has 1 aromatic heterocycles. The highest BCUT2D eigenvalue weighted by Gasteiger charge is 2.35. The maximum atomic E-state index is 12.7. The first-order valence-corrected chi connectivity index (χ1v) is 9.13. The summed E-state index contributed by atoms with van der Waals surface area (Å²) in [6.45, 7) is 4.30. The van der Waals surface area contributed by atoms with Crippen LogP contribution in [0.1, 0.15) is 30.8 Å². The van der Waals surface area contributed by atoms with Crippen molar-refractivity contribution < 1.29 is 9.59 Å². The van der Waals surface area contributed by atoms with Crippen LogP contribution < -0.4 is 10.2 Å². The van der Waals surface area contributed by atoms with E-state index in [4.69, 9.17) is 0 Å². The standard InChI is InChI=1S/C21H22N4O2/c1-13-7-9-16(10-8-13)25-12-15(11-19(25)26)21(27)22-14(2)20-23-17-5-3-4-6-18(17)24-20/h3-10,14-15H,11-12H2,1-2H3,(H,22,27)(H,23,24). The van der Waals surface area contributed by atoms with Crippen LogP contribution in [0.5, 0.6) is 0 Å². The lowest BCUT2D eigenvalue weighted by molar-refractivity contribution is -0.126. The van der Waals surface area contributed by atoms with Crippen LogP contribution in [-0.4, -0.2) is 28.3 Å². The van der Waals surface area contributed by atoms with Crippen LogP contribution in [0.4, 0.5) is 5.69 Å². The zero-order chi connectivity index (χ0) is 19.0. The first kappa shape index (κ1) is 17.3. The molecule has 1 aliphatic rings. The van der Waals surface area contributed by atoms with Gasteiger partial charge in [0.15, 0.2) is 0 Å². The summed E-state index contributed by atoms with van der Waals surface area (Å²) in [7, 11) is 0. The zero-order valence-electron chi connectivity index (χ0n) is 15.4. The maximum absolute atomic E-state index is 12.7. The van der Waals surface area contributed by atoms with E-state index in [2.05, 4.69) is 15.3 Å². The number of imidazole rings is 1. The number of aromatic nitrogens is 2. The minimum atomic E-state index is -0.356.